The minimum absolute atomic E-state index is 0.0465. The maximum Gasteiger partial charge on any atom is 0.404 e. The van der Waals surface area contributed by atoms with E-state index in [0.717, 1.165) is 0 Å². The van der Waals surface area contributed by atoms with Gasteiger partial charge >= 0.3 is 6.18 Å². The second-order valence-corrected chi connectivity index (χ2v) is 6.31. The molecule has 1 aliphatic rings. The van der Waals surface area contributed by atoms with E-state index < -0.39 is 22.2 Å². The summed E-state index contributed by atoms with van der Waals surface area (Å²) in [5, 5.41) is 4.95. The third kappa shape index (κ3) is 4.08. The molecule has 1 aromatic carbocycles. The maximum absolute atomic E-state index is 12.5. The minimum Gasteiger partial charge on any atom is -0.492 e. The van der Waals surface area contributed by atoms with Crippen molar-refractivity contribution in [3.05, 3.63) is 24.3 Å². The third-order valence-corrected chi connectivity index (χ3v) is 4.24. The van der Waals surface area contributed by atoms with E-state index in [-0.39, 0.29) is 24.5 Å². The van der Waals surface area contributed by atoms with Gasteiger partial charge in [-0.15, -0.1) is 0 Å². The Labute approximate surface area is 120 Å². The van der Waals surface area contributed by atoms with Crippen LogP contribution in [0.5, 0.6) is 5.75 Å². The van der Waals surface area contributed by atoms with Crippen molar-refractivity contribution in [1.82, 2.24) is 4.90 Å². The number of ether oxygens (including phenoxy) is 1. The molecule has 118 valence electrons. The first-order valence-corrected chi connectivity index (χ1v) is 7.79. The van der Waals surface area contributed by atoms with E-state index >= 15 is 0 Å². The Kier molecular flexibility index (Phi) is 4.45. The van der Waals surface area contributed by atoms with Gasteiger partial charge in [0.15, 0.2) is 0 Å². The van der Waals surface area contributed by atoms with Crippen molar-refractivity contribution in [1.29, 1.82) is 0 Å². The zero-order valence-electron chi connectivity index (χ0n) is 11.0. The standard InChI is InChI=1S/C12H15F3N2O3S/c13-12(14,15)11-5-6-17(11)7-8-20-9-1-3-10(4-2-9)21(16,18)19/h1-4,11H,5-8H2,(H2,16,18,19)/t11-/m0/s1. The van der Waals surface area contributed by atoms with Gasteiger partial charge in [0.1, 0.15) is 18.4 Å². The van der Waals surface area contributed by atoms with Gasteiger partial charge in [-0.05, 0) is 30.7 Å². The fraction of sp³-hybridized carbons (Fsp3) is 0.500. The highest BCUT2D eigenvalue weighted by molar-refractivity contribution is 7.89. The van der Waals surface area contributed by atoms with Crippen molar-refractivity contribution in [2.75, 3.05) is 19.7 Å². The van der Waals surface area contributed by atoms with E-state index in [9.17, 15) is 21.6 Å². The number of rotatable bonds is 5. The maximum atomic E-state index is 12.5. The summed E-state index contributed by atoms with van der Waals surface area (Å²) >= 11 is 0. The number of likely N-dealkylation sites (tertiary alicyclic amines) is 1. The van der Waals surface area contributed by atoms with E-state index in [4.69, 9.17) is 9.88 Å². The summed E-state index contributed by atoms with van der Waals surface area (Å²) in [5.41, 5.74) is 0. The van der Waals surface area contributed by atoms with Gasteiger partial charge in [0.2, 0.25) is 10.0 Å². The molecule has 1 aliphatic heterocycles. The lowest BCUT2D eigenvalue weighted by Crippen LogP contribution is -2.56. The highest BCUT2D eigenvalue weighted by Crippen LogP contribution is 2.33. The largest absolute Gasteiger partial charge is 0.492 e. The number of nitrogens with two attached hydrogens (primary N) is 1. The molecule has 21 heavy (non-hydrogen) atoms. The van der Waals surface area contributed by atoms with Gasteiger partial charge in [0, 0.05) is 13.1 Å². The molecule has 0 radical (unpaired) electrons. The molecule has 0 bridgehead atoms. The number of alkyl halides is 3. The first kappa shape index (κ1) is 16.1. The molecule has 0 aliphatic carbocycles. The van der Waals surface area contributed by atoms with E-state index in [1.54, 1.807) is 0 Å². The van der Waals surface area contributed by atoms with E-state index in [1.165, 1.54) is 29.2 Å². The summed E-state index contributed by atoms with van der Waals surface area (Å²) in [4.78, 5) is 1.26. The summed E-state index contributed by atoms with van der Waals surface area (Å²) in [6.07, 6.45) is -4.08. The molecule has 0 amide bonds. The van der Waals surface area contributed by atoms with Crippen LogP contribution < -0.4 is 9.88 Å². The van der Waals surface area contributed by atoms with Crippen molar-refractivity contribution in [2.45, 2.75) is 23.5 Å². The molecule has 1 heterocycles. The SMILES string of the molecule is NS(=O)(=O)c1ccc(OCCN2CC[C@H]2C(F)(F)F)cc1. The van der Waals surface area contributed by atoms with Crippen molar-refractivity contribution in [3.63, 3.8) is 0 Å². The molecule has 2 N–H and O–H groups in total. The average molecular weight is 324 g/mol. The Morgan fingerprint density at radius 3 is 2.33 bits per heavy atom. The van der Waals surface area contributed by atoms with Crippen LogP contribution >= 0.6 is 0 Å². The summed E-state index contributed by atoms with van der Waals surface area (Å²) in [7, 11) is -3.76. The molecule has 1 fully saturated rings. The lowest BCUT2D eigenvalue weighted by molar-refractivity contribution is -0.210. The molecule has 2 rings (SSSR count). The highest BCUT2D eigenvalue weighted by Gasteiger charge is 2.48. The van der Waals surface area contributed by atoms with Crippen LogP contribution in [0.1, 0.15) is 6.42 Å². The quantitative estimate of drug-likeness (QED) is 0.887. The van der Waals surface area contributed by atoms with Crippen LogP contribution in [0, 0.1) is 0 Å². The lowest BCUT2D eigenvalue weighted by atomic mass is 10.0. The number of primary sulfonamides is 1. The Hall–Kier alpha value is -1.32. The fourth-order valence-corrected chi connectivity index (χ4v) is 2.60. The van der Waals surface area contributed by atoms with Crippen LogP contribution in [-0.4, -0.2) is 45.2 Å². The fourth-order valence-electron chi connectivity index (χ4n) is 2.09. The van der Waals surface area contributed by atoms with E-state index in [0.29, 0.717) is 12.3 Å². The number of nitrogens with zero attached hydrogens (tertiary/aromatic N) is 1. The summed E-state index contributed by atoms with van der Waals surface area (Å²) < 4.78 is 64.9. The Balaban J connectivity index is 1.82. The topological polar surface area (TPSA) is 72.6 Å². The molecule has 0 spiro atoms. The number of benzene rings is 1. The predicted molar refractivity (Wildman–Crippen MR) is 69.3 cm³/mol. The lowest BCUT2D eigenvalue weighted by Gasteiger charge is -2.41. The number of hydrogen-bond acceptors (Lipinski definition) is 4. The second-order valence-electron chi connectivity index (χ2n) is 4.75. The number of halogens is 3. The van der Waals surface area contributed by atoms with E-state index in [1.807, 2.05) is 0 Å². The van der Waals surface area contributed by atoms with Crippen LogP contribution in [0.2, 0.25) is 0 Å². The summed E-state index contributed by atoms with van der Waals surface area (Å²) in [6.45, 7) is 0.667. The zero-order valence-corrected chi connectivity index (χ0v) is 11.8. The second kappa shape index (κ2) is 5.82. The van der Waals surface area contributed by atoms with E-state index in [2.05, 4.69) is 0 Å². The van der Waals surface area contributed by atoms with Gasteiger partial charge < -0.3 is 4.74 Å². The molecular weight excluding hydrogens is 309 g/mol. The third-order valence-electron chi connectivity index (χ3n) is 3.31. The van der Waals surface area contributed by atoms with Gasteiger partial charge in [0.05, 0.1) is 4.90 Å². The molecule has 1 atom stereocenters. The Morgan fingerprint density at radius 2 is 1.90 bits per heavy atom. The Bertz CT molecular complexity index is 587. The first-order chi connectivity index (χ1) is 9.68. The molecule has 9 heteroatoms. The molecule has 1 saturated heterocycles. The predicted octanol–water partition coefficient (Wildman–Crippen LogP) is 1.35. The van der Waals surface area contributed by atoms with Crippen molar-refractivity contribution < 1.29 is 26.3 Å². The average Bonchev–Trinajstić information content (AvgIpc) is 2.30. The van der Waals surface area contributed by atoms with Gasteiger partial charge in [-0.1, -0.05) is 0 Å². The number of sulfonamides is 1. The molecular formula is C12H15F3N2O3S. The molecule has 0 saturated carbocycles. The summed E-state index contributed by atoms with van der Waals surface area (Å²) in [6, 6.07) is 4.01. The Morgan fingerprint density at radius 1 is 1.29 bits per heavy atom. The molecule has 0 aromatic heterocycles. The van der Waals surface area contributed by atoms with Crippen molar-refractivity contribution in [2.24, 2.45) is 5.14 Å². The van der Waals surface area contributed by atoms with Gasteiger partial charge in [-0.3, -0.25) is 4.90 Å². The van der Waals surface area contributed by atoms with Crippen molar-refractivity contribution in [3.8, 4) is 5.75 Å². The smallest absolute Gasteiger partial charge is 0.404 e. The van der Waals surface area contributed by atoms with Crippen molar-refractivity contribution >= 4 is 10.0 Å². The van der Waals surface area contributed by atoms with Crippen LogP contribution in [0.25, 0.3) is 0 Å². The molecule has 5 nitrogen and oxygen atoms in total. The summed E-state index contributed by atoms with van der Waals surface area (Å²) in [5.74, 6) is 0.381. The minimum atomic E-state index is -4.20. The van der Waals surface area contributed by atoms with Crippen LogP contribution in [0.4, 0.5) is 13.2 Å². The monoisotopic (exact) mass is 324 g/mol. The van der Waals surface area contributed by atoms with Gasteiger partial charge in [0.25, 0.3) is 0 Å². The number of hydrogen-bond donors (Lipinski definition) is 1. The van der Waals surface area contributed by atoms with Crippen LogP contribution in [0.3, 0.4) is 0 Å². The highest BCUT2D eigenvalue weighted by atomic mass is 32.2. The normalized spacial score (nSPS) is 20.1. The molecule has 0 unspecified atom stereocenters. The first-order valence-electron chi connectivity index (χ1n) is 6.24. The van der Waals surface area contributed by atoms with Crippen LogP contribution in [-0.2, 0) is 10.0 Å². The van der Waals surface area contributed by atoms with Crippen LogP contribution in [0.15, 0.2) is 29.2 Å². The van der Waals surface area contributed by atoms with Gasteiger partial charge in [-0.2, -0.15) is 13.2 Å². The zero-order chi connectivity index (χ0) is 15.7. The molecule has 1 aromatic rings. The van der Waals surface area contributed by atoms with Gasteiger partial charge in [-0.25, -0.2) is 13.6 Å².